The summed E-state index contributed by atoms with van der Waals surface area (Å²) < 4.78 is 6.25. The summed E-state index contributed by atoms with van der Waals surface area (Å²) in [5, 5.41) is 0.406. The monoisotopic (exact) mass is 428 g/mol. The number of nitrogens with zero attached hydrogens (tertiary/aromatic N) is 3. The fourth-order valence-electron chi connectivity index (χ4n) is 5.17. The van der Waals surface area contributed by atoms with Crippen molar-refractivity contribution in [1.29, 1.82) is 0 Å². The van der Waals surface area contributed by atoms with E-state index in [4.69, 9.17) is 4.74 Å². The number of rotatable bonds is 7. The van der Waals surface area contributed by atoms with Gasteiger partial charge >= 0.3 is 5.69 Å². The van der Waals surface area contributed by atoms with Gasteiger partial charge in [0.05, 0.1) is 17.5 Å². The Morgan fingerprint density at radius 2 is 1.97 bits per heavy atom. The minimum absolute atomic E-state index is 0.215. The maximum Gasteiger partial charge on any atom is 0.329 e. The number of aromatic nitrogens is 2. The van der Waals surface area contributed by atoms with Crippen LogP contribution in [-0.2, 0) is 16.1 Å². The molecule has 2 aliphatic heterocycles. The molecule has 1 aromatic heterocycles. The van der Waals surface area contributed by atoms with Gasteiger partial charge in [-0.05, 0) is 56.8 Å². The third kappa shape index (κ3) is 4.75. The van der Waals surface area contributed by atoms with Crippen molar-refractivity contribution in [2.75, 3.05) is 39.9 Å². The number of H-pyrrole nitrogens is 1. The van der Waals surface area contributed by atoms with Gasteiger partial charge in [-0.15, -0.1) is 0 Å². The Hall–Kier alpha value is -2.45. The van der Waals surface area contributed by atoms with E-state index in [0.717, 1.165) is 30.5 Å². The van der Waals surface area contributed by atoms with Crippen LogP contribution in [0.1, 0.15) is 32.1 Å². The van der Waals surface area contributed by atoms with Crippen LogP contribution in [0.3, 0.4) is 0 Å². The van der Waals surface area contributed by atoms with Crippen molar-refractivity contribution in [3.05, 3.63) is 45.1 Å². The molecule has 2 fully saturated rings. The summed E-state index contributed by atoms with van der Waals surface area (Å²) in [5.74, 6) is 0.203. The zero-order valence-electron chi connectivity index (χ0n) is 18.2. The number of aromatic amines is 1. The van der Waals surface area contributed by atoms with E-state index < -0.39 is 11.2 Å². The number of nitrogens with one attached hydrogen (secondary N) is 1. The molecule has 2 aromatic rings. The van der Waals surface area contributed by atoms with Crippen LogP contribution in [-0.4, -0.2) is 71.2 Å². The van der Waals surface area contributed by atoms with Crippen molar-refractivity contribution in [1.82, 2.24) is 19.4 Å². The predicted octanol–water partition coefficient (Wildman–Crippen LogP) is 1.43. The molecule has 8 heteroatoms. The Kier molecular flexibility index (Phi) is 6.87. The van der Waals surface area contributed by atoms with E-state index in [0.29, 0.717) is 42.6 Å². The number of amides is 1. The predicted molar refractivity (Wildman–Crippen MR) is 119 cm³/mol. The molecular formula is C23H32N4O4. The second-order valence-electron chi connectivity index (χ2n) is 8.70. The average molecular weight is 429 g/mol. The molecule has 1 aromatic carbocycles. The van der Waals surface area contributed by atoms with Gasteiger partial charge in [0, 0.05) is 26.2 Å². The minimum Gasteiger partial charge on any atom is -0.383 e. The van der Waals surface area contributed by atoms with Crippen LogP contribution in [0.15, 0.2) is 33.9 Å². The topological polar surface area (TPSA) is 87.6 Å². The standard InChI is InChI=1S/C23H32N4O4/c1-31-14-13-26(15-17-7-6-12-25-11-5-4-10-20(17)25)21(28)16-27-22(29)18-8-2-3-9-19(18)24-23(27)30/h2-3,8-9,17,20H,4-7,10-16H2,1H3,(H,24,30). The molecule has 4 rings (SSSR count). The number of hydrogen-bond acceptors (Lipinski definition) is 5. The zero-order chi connectivity index (χ0) is 21.8. The molecule has 1 N–H and O–H groups in total. The van der Waals surface area contributed by atoms with E-state index in [9.17, 15) is 14.4 Å². The van der Waals surface area contributed by atoms with Crippen LogP contribution < -0.4 is 11.2 Å². The average Bonchev–Trinajstić information content (AvgIpc) is 2.79. The van der Waals surface area contributed by atoms with Gasteiger partial charge in [-0.1, -0.05) is 18.6 Å². The lowest BCUT2D eigenvalue weighted by atomic mass is 9.83. The quantitative estimate of drug-likeness (QED) is 0.721. The van der Waals surface area contributed by atoms with Gasteiger partial charge in [0.15, 0.2) is 0 Å². The lowest BCUT2D eigenvalue weighted by Gasteiger charge is -2.45. The van der Waals surface area contributed by atoms with Gasteiger partial charge in [-0.2, -0.15) is 0 Å². The normalized spacial score (nSPS) is 21.7. The van der Waals surface area contributed by atoms with Gasteiger partial charge in [-0.25, -0.2) is 4.79 Å². The van der Waals surface area contributed by atoms with Gasteiger partial charge in [-0.3, -0.25) is 14.2 Å². The van der Waals surface area contributed by atoms with Crippen molar-refractivity contribution >= 4 is 16.8 Å². The molecule has 0 aliphatic carbocycles. The molecule has 168 valence electrons. The van der Waals surface area contributed by atoms with Crippen molar-refractivity contribution in [3.8, 4) is 0 Å². The Morgan fingerprint density at radius 3 is 2.81 bits per heavy atom. The van der Waals surface area contributed by atoms with Gasteiger partial charge in [0.1, 0.15) is 6.54 Å². The molecule has 0 radical (unpaired) electrons. The van der Waals surface area contributed by atoms with Crippen LogP contribution in [0.5, 0.6) is 0 Å². The number of methoxy groups -OCH3 is 1. The van der Waals surface area contributed by atoms with Crippen LogP contribution in [0, 0.1) is 5.92 Å². The first-order valence-corrected chi connectivity index (χ1v) is 11.3. The molecule has 0 spiro atoms. The van der Waals surface area contributed by atoms with E-state index in [2.05, 4.69) is 9.88 Å². The summed E-state index contributed by atoms with van der Waals surface area (Å²) in [5.41, 5.74) is -0.507. The van der Waals surface area contributed by atoms with Gasteiger partial charge in [0.2, 0.25) is 5.91 Å². The fraction of sp³-hybridized carbons (Fsp3) is 0.609. The molecule has 1 amide bonds. The van der Waals surface area contributed by atoms with E-state index in [1.54, 1.807) is 36.3 Å². The zero-order valence-corrected chi connectivity index (χ0v) is 18.2. The highest BCUT2D eigenvalue weighted by atomic mass is 16.5. The lowest BCUT2D eigenvalue weighted by molar-refractivity contribution is -0.134. The molecule has 0 bridgehead atoms. The third-order valence-electron chi connectivity index (χ3n) is 6.78. The summed E-state index contributed by atoms with van der Waals surface area (Å²) in [7, 11) is 1.62. The summed E-state index contributed by atoms with van der Waals surface area (Å²) in [6.07, 6.45) is 5.93. The SMILES string of the molecule is COCCN(CC1CCCN2CCCCC12)C(=O)Cn1c(=O)[nH]c2ccccc2c1=O. The van der Waals surface area contributed by atoms with E-state index in [1.807, 2.05) is 0 Å². The number of piperidine rings is 2. The van der Waals surface area contributed by atoms with Crippen molar-refractivity contribution < 1.29 is 9.53 Å². The van der Waals surface area contributed by atoms with Crippen LogP contribution >= 0.6 is 0 Å². The smallest absolute Gasteiger partial charge is 0.329 e. The molecule has 2 unspecified atom stereocenters. The molecule has 31 heavy (non-hydrogen) atoms. The van der Waals surface area contributed by atoms with Crippen molar-refractivity contribution in [3.63, 3.8) is 0 Å². The number of fused-ring (bicyclic) bond motifs is 2. The summed E-state index contributed by atoms with van der Waals surface area (Å²) in [4.78, 5) is 45.7. The van der Waals surface area contributed by atoms with E-state index in [-0.39, 0.29) is 12.5 Å². The second-order valence-corrected chi connectivity index (χ2v) is 8.70. The Bertz CT molecular complexity index is 1030. The lowest BCUT2D eigenvalue weighted by Crippen LogP contribution is -2.52. The largest absolute Gasteiger partial charge is 0.383 e. The molecule has 0 saturated carbocycles. The van der Waals surface area contributed by atoms with Gasteiger partial charge in [0.25, 0.3) is 5.56 Å². The molecule has 2 saturated heterocycles. The maximum absolute atomic E-state index is 13.2. The molecular weight excluding hydrogens is 396 g/mol. The highest BCUT2D eigenvalue weighted by Gasteiger charge is 2.34. The van der Waals surface area contributed by atoms with E-state index in [1.165, 1.54) is 19.3 Å². The number of benzene rings is 1. The molecule has 2 aliphatic rings. The second kappa shape index (κ2) is 9.78. The first-order valence-electron chi connectivity index (χ1n) is 11.3. The highest BCUT2D eigenvalue weighted by Crippen LogP contribution is 2.31. The maximum atomic E-state index is 13.2. The fourth-order valence-corrected chi connectivity index (χ4v) is 5.17. The highest BCUT2D eigenvalue weighted by molar-refractivity contribution is 5.79. The summed E-state index contributed by atoms with van der Waals surface area (Å²) >= 11 is 0. The Morgan fingerprint density at radius 1 is 1.16 bits per heavy atom. The summed E-state index contributed by atoms with van der Waals surface area (Å²) in [6, 6.07) is 7.38. The number of ether oxygens (including phenoxy) is 1. The third-order valence-corrected chi connectivity index (χ3v) is 6.78. The molecule has 8 nitrogen and oxygen atoms in total. The van der Waals surface area contributed by atoms with Crippen LogP contribution in [0.2, 0.25) is 0 Å². The Labute approximate surface area is 181 Å². The van der Waals surface area contributed by atoms with Crippen molar-refractivity contribution in [2.45, 2.75) is 44.7 Å². The summed E-state index contributed by atoms with van der Waals surface area (Å²) in [6.45, 7) is 3.56. The number of para-hydroxylation sites is 1. The van der Waals surface area contributed by atoms with Gasteiger partial charge < -0.3 is 19.5 Å². The van der Waals surface area contributed by atoms with Crippen LogP contribution in [0.4, 0.5) is 0 Å². The number of carbonyl (C=O) groups excluding carboxylic acids is 1. The number of carbonyl (C=O) groups is 1. The molecule has 3 heterocycles. The minimum atomic E-state index is -0.556. The first-order chi connectivity index (χ1) is 15.1. The molecule has 2 atom stereocenters. The van der Waals surface area contributed by atoms with Crippen LogP contribution in [0.25, 0.3) is 10.9 Å². The van der Waals surface area contributed by atoms with Crippen molar-refractivity contribution in [2.24, 2.45) is 5.92 Å². The Balaban J connectivity index is 1.54. The number of hydrogen-bond donors (Lipinski definition) is 1. The first kappa shape index (κ1) is 21.8. The van der Waals surface area contributed by atoms with E-state index >= 15 is 0 Å².